The third-order valence-electron chi connectivity index (χ3n) is 2.77. The van der Waals surface area contributed by atoms with Crippen molar-refractivity contribution in [1.82, 2.24) is 0 Å². The molecule has 82 valence electrons. The molecule has 0 bridgehead atoms. The van der Waals surface area contributed by atoms with E-state index in [2.05, 4.69) is 0 Å². The number of rotatable bonds is 6. The highest BCUT2D eigenvalue weighted by atomic mass is 16.5. The van der Waals surface area contributed by atoms with Gasteiger partial charge in [-0.15, -0.1) is 0 Å². The lowest BCUT2D eigenvalue weighted by atomic mass is 10.1. The Morgan fingerprint density at radius 1 is 1.27 bits per heavy atom. The molecule has 1 atom stereocenters. The van der Waals surface area contributed by atoms with Gasteiger partial charge in [0.15, 0.2) is 0 Å². The van der Waals surface area contributed by atoms with Crippen LogP contribution in [0.15, 0.2) is 30.3 Å². The van der Waals surface area contributed by atoms with Crippen LogP contribution >= 0.6 is 0 Å². The van der Waals surface area contributed by atoms with Crippen LogP contribution in [0.25, 0.3) is 0 Å². The van der Waals surface area contributed by atoms with Gasteiger partial charge >= 0.3 is 0 Å². The van der Waals surface area contributed by atoms with Gasteiger partial charge in [-0.05, 0) is 24.5 Å². The molecule has 0 saturated heterocycles. The van der Waals surface area contributed by atoms with Crippen LogP contribution in [0, 0.1) is 5.92 Å². The van der Waals surface area contributed by atoms with Crippen LogP contribution in [-0.2, 0) is 0 Å². The SMILES string of the molecule is OC(CCOc1ccccc1)CC1CC1. The summed E-state index contributed by atoms with van der Waals surface area (Å²) in [6.45, 7) is 0.609. The second kappa shape index (κ2) is 5.17. The number of benzene rings is 1. The topological polar surface area (TPSA) is 29.5 Å². The van der Waals surface area contributed by atoms with Gasteiger partial charge < -0.3 is 9.84 Å². The van der Waals surface area contributed by atoms with Gasteiger partial charge in [0, 0.05) is 6.42 Å². The highest BCUT2D eigenvalue weighted by Gasteiger charge is 2.24. The monoisotopic (exact) mass is 206 g/mol. The smallest absolute Gasteiger partial charge is 0.119 e. The summed E-state index contributed by atoms with van der Waals surface area (Å²) in [5.74, 6) is 1.67. The number of aliphatic hydroxyl groups is 1. The Bertz CT molecular complexity index is 280. The molecule has 1 aliphatic carbocycles. The first-order valence-corrected chi connectivity index (χ1v) is 5.70. The second-order valence-electron chi connectivity index (χ2n) is 4.28. The fraction of sp³-hybridized carbons (Fsp3) is 0.538. The molecule has 1 N–H and O–H groups in total. The van der Waals surface area contributed by atoms with Gasteiger partial charge in [0.1, 0.15) is 5.75 Å². The van der Waals surface area contributed by atoms with Crippen molar-refractivity contribution < 1.29 is 9.84 Å². The fourth-order valence-corrected chi connectivity index (χ4v) is 1.69. The molecular weight excluding hydrogens is 188 g/mol. The van der Waals surface area contributed by atoms with Crippen molar-refractivity contribution in [3.8, 4) is 5.75 Å². The van der Waals surface area contributed by atoms with Crippen LogP contribution in [0.1, 0.15) is 25.7 Å². The maximum Gasteiger partial charge on any atom is 0.119 e. The van der Waals surface area contributed by atoms with Crippen LogP contribution in [0.3, 0.4) is 0 Å². The zero-order chi connectivity index (χ0) is 10.5. The van der Waals surface area contributed by atoms with E-state index in [4.69, 9.17) is 4.74 Å². The van der Waals surface area contributed by atoms with E-state index < -0.39 is 0 Å². The van der Waals surface area contributed by atoms with Gasteiger partial charge in [-0.2, -0.15) is 0 Å². The minimum absolute atomic E-state index is 0.179. The Morgan fingerprint density at radius 2 is 2.00 bits per heavy atom. The van der Waals surface area contributed by atoms with Crippen LogP contribution in [0.5, 0.6) is 5.75 Å². The quantitative estimate of drug-likeness (QED) is 0.775. The van der Waals surface area contributed by atoms with Gasteiger partial charge in [0.25, 0.3) is 0 Å². The first-order valence-electron chi connectivity index (χ1n) is 5.70. The summed E-state index contributed by atoms with van der Waals surface area (Å²) in [6.07, 6.45) is 4.12. The largest absolute Gasteiger partial charge is 0.493 e. The number of aliphatic hydroxyl groups excluding tert-OH is 1. The predicted octanol–water partition coefficient (Wildman–Crippen LogP) is 2.62. The van der Waals surface area contributed by atoms with Crippen LogP contribution in [0.2, 0.25) is 0 Å². The zero-order valence-corrected chi connectivity index (χ0v) is 8.93. The molecule has 0 heterocycles. The second-order valence-corrected chi connectivity index (χ2v) is 4.28. The Morgan fingerprint density at radius 3 is 2.67 bits per heavy atom. The molecule has 1 aromatic carbocycles. The zero-order valence-electron chi connectivity index (χ0n) is 8.93. The van der Waals surface area contributed by atoms with Crippen molar-refractivity contribution in [3.63, 3.8) is 0 Å². The van der Waals surface area contributed by atoms with E-state index in [0.717, 1.165) is 24.5 Å². The Kier molecular flexibility index (Phi) is 3.62. The summed E-state index contributed by atoms with van der Waals surface area (Å²) >= 11 is 0. The van der Waals surface area contributed by atoms with Crippen molar-refractivity contribution in [3.05, 3.63) is 30.3 Å². The summed E-state index contributed by atoms with van der Waals surface area (Å²) in [5.41, 5.74) is 0. The number of ether oxygens (including phenoxy) is 1. The highest BCUT2D eigenvalue weighted by Crippen LogP contribution is 2.33. The van der Waals surface area contributed by atoms with Crippen molar-refractivity contribution in [2.24, 2.45) is 5.92 Å². The van der Waals surface area contributed by atoms with Crippen molar-refractivity contribution >= 4 is 0 Å². The van der Waals surface area contributed by atoms with E-state index in [1.807, 2.05) is 30.3 Å². The summed E-state index contributed by atoms with van der Waals surface area (Å²) in [4.78, 5) is 0. The van der Waals surface area contributed by atoms with Gasteiger partial charge in [0.2, 0.25) is 0 Å². The van der Waals surface area contributed by atoms with E-state index >= 15 is 0 Å². The Labute approximate surface area is 90.9 Å². The molecule has 15 heavy (non-hydrogen) atoms. The molecule has 0 amide bonds. The normalized spacial score (nSPS) is 17.4. The van der Waals surface area contributed by atoms with Crippen molar-refractivity contribution in [2.75, 3.05) is 6.61 Å². The molecule has 2 nitrogen and oxygen atoms in total. The minimum Gasteiger partial charge on any atom is -0.493 e. The molecule has 1 saturated carbocycles. The number of hydrogen-bond donors (Lipinski definition) is 1. The standard InChI is InChI=1S/C13H18O2/c14-12(10-11-6-7-11)8-9-15-13-4-2-1-3-5-13/h1-5,11-12,14H,6-10H2. The third-order valence-corrected chi connectivity index (χ3v) is 2.77. The molecule has 0 aliphatic heterocycles. The summed E-state index contributed by atoms with van der Waals surface area (Å²) in [5, 5.41) is 9.66. The van der Waals surface area contributed by atoms with Crippen molar-refractivity contribution in [1.29, 1.82) is 0 Å². The average Bonchev–Trinajstić information content (AvgIpc) is 3.03. The van der Waals surface area contributed by atoms with Gasteiger partial charge in [-0.25, -0.2) is 0 Å². The van der Waals surface area contributed by atoms with Gasteiger partial charge in [0.05, 0.1) is 12.7 Å². The highest BCUT2D eigenvalue weighted by molar-refractivity contribution is 5.20. The number of hydrogen-bond acceptors (Lipinski definition) is 2. The molecule has 0 spiro atoms. The van der Waals surface area contributed by atoms with Gasteiger partial charge in [-0.1, -0.05) is 31.0 Å². The van der Waals surface area contributed by atoms with E-state index in [-0.39, 0.29) is 6.10 Å². The molecule has 2 heteroatoms. The first-order chi connectivity index (χ1) is 7.34. The van der Waals surface area contributed by atoms with Crippen LogP contribution in [-0.4, -0.2) is 17.8 Å². The van der Waals surface area contributed by atoms with E-state index in [0.29, 0.717) is 6.61 Å². The van der Waals surface area contributed by atoms with Crippen LogP contribution < -0.4 is 4.74 Å². The molecule has 2 rings (SSSR count). The number of para-hydroxylation sites is 1. The first kappa shape index (κ1) is 10.5. The third kappa shape index (κ3) is 3.92. The fourth-order valence-electron chi connectivity index (χ4n) is 1.69. The lowest BCUT2D eigenvalue weighted by Gasteiger charge is -2.10. The van der Waals surface area contributed by atoms with E-state index in [1.54, 1.807) is 0 Å². The minimum atomic E-state index is -0.179. The molecule has 0 radical (unpaired) electrons. The van der Waals surface area contributed by atoms with E-state index in [9.17, 15) is 5.11 Å². The Balaban J connectivity index is 1.61. The van der Waals surface area contributed by atoms with E-state index in [1.165, 1.54) is 12.8 Å². The summed E-state index contributed by atoms with van der Waals surface area (Å²) in [6, 6.07) is 9.75. The predicted molar refractivity (Wildman–Crippen MR) is 59.9 cm³/mol. The lowest BCUT2D eigenvalue weighted by Crippen LogP contribution is -2.12. The lowest BCUT2D eigenvalue weighted by molar-refractivity contribution is 0.125. The molecule has 1 fully saturated rings. The molecular formula is C13H18O2. The van der Waals surface area contributed by atoms with Crippen LogP contribution in [0.4, 0.5) is 0 Å². The molecule has 1 unspecified atom stereocenters. The van der Waals surface area contributed by atoms with Crippen molar-refractivity contribution in [2.45, 2.75) is 31.8 Å². The summed E-state index contributed by atoms with van der Waals surface area (Å²) in [7, 11) is 0. The maximum absolute atomic E-state index is 9.66. The molecule has 1 aromatic rings. The molecule has 1 aliphatic rings. The molecule has 0 aromatic heterocycles. The van der Waals surface area contributed by atoms with Gasteiger partial charge in [-0.3, -0.25) is 0 Å². The summed E-state index contributed by atoms with van der Waals surface area (Å²) < 4.78 is 5.52. The average molecular weight is 206 g/mol. The maximum atomic E-state index is 9.66. The Hall–Kier alpha value is -1.02.